The Labute approximate surface area is 155 Å². The van der Waals surface area contributed by atoms with Gasteiger partial charge in [-0.25, -0.2) is 4.39 Å². The summed E-state index contributed by atoms with van der Waals surface area (Å²) in [6.45, 7) is 4.29. The maximum atomic E-state index is 13.0. The van der Waals surface area contributed by atoms with E-state index in [1.165, 1.54) is 23.9 Å². The molecule has 0 unspecified atom stereocenters. The Morgan fingerprint density at radius 1 is 1.20 bits per heavy atom. The second-order valence-corrected chi connectivity index (χ2v) is 7.47. The quantitative estimate of drug-likeness (QED) is 0.632. The zero-order valence-corrected chi connectivity index (χ0v) is 15.4. The van der Waals surface area contributed by atoms with Crippen LogP contribution in [0.15, 0.2) is 41.3 Å². The van der Waals surface area contributed by atoms with E-state index in [0.717, 1.165) is 28.0 Å². The molecule has 1 amide bonds. The van der Waals surface area contributed by atoms with Gasteiger partial charge in [0.05, 0.1) is 4.91 Å². The third-order valence-electron chi connectivity index (χ3n) is 3.72. The number of amides is 1. The van der Waals surface area contributed by atoms with Gasteiger partial charge in [0.1, 0.15) is 22.5 Å². The molecule has 1 fully saturated rings. The molecule has 1 N–H and O–H groups in total. The van der Waals surface area contributed by atoms with Crippen molar-refractivity contribution in [2.45, 2.75) is 20.5 Å². The zero-order valence-electron chi connectivity index (χ0n) is 13.8. The molecule has 1 saturated heterocycles. The minimum absolute atomic E-state index is 0.165. The molecule has 3 nitrogen and oxygen atoms in total. The first-order valence-electron chi connectivity index (χ1n) is 7.66. The van der Waals surface area contributed by atoms with Crippen LogP contribution >= 0.6 is 24.0 Å². The summed E-state index contributed by atoms with van der Waals surface area (Å²) in [6.07, 6.45) is 1.82. The van der Waals surface area contributed by atoms with Crippen molar-refractivity contribution in [1.82, 2.24) is 5.32 Å². The Morgan fingerprint density at radius 3 is 2.40 bits per heavy atom. The number of ether oxygens (including phenoxy) is 1. The summed E-state index contributed by atoms with van der Waals surface area (Å²) in [5, 5.41) is 2.61. The summed E-state index contributed by atoms with van der Waals surface area (Å²) in [4.78, 5) is 12.4. The molecule has 3 rings (SSSR count). The molecule has 1 aliphatic heterocycles. The van der Waals surface area contributed by atoms with Crippen molar-refractivity contribution in [3.05, 3.63) is 69.4 Å². The van der Waals surface area contributed by atoms with E-state index < -0.39 is 0 Å². The van der Waals surface area contributed by atoms with Gasteiger partial charge >= 0.3 is 0 Å². The van der Waals surface area contributed by atoms with Crippen LogP contribution in [-0.4, -0.2) is 10.2 Å². The predicted molar refractivity (Wildman–Crippen MR) is 103 cm³/mol. The van der Waals surface area contributed by atoms with Crippen molar-refractivity contribution in [2.24, 2.45) is 0 Å². The molecule has 0 atom stereocenters. The van der Waals surface area contributed by atoms with Crippen LogP contribution in [0.2, 0.25) is 0 Å². The second-order valence-electron chi connectivity index (χ2n) is 5.75. The summed E-state index contributed by atoms with van der Waals surface area (Å²) < 4.78 is 19.3. The fourth-order valence-electron chi connectivity index (χ4n) is 2.60. The van der Waals surface area contributed by atoms with Gasteiger partial charge in [0.2, 0.25) is 0 Å². The molecule has 0 radical (unpaired) electrons. The number of carbonyl (C=O) groups excluding carboxylic acids is 1. The van der Waals surface area contributed by atoms with Gasteiger partial charge in [0, 0.05) is 0 Å². The molecule has 0 aromatic heterocycles. The minimum atomic E-state index is -0.262. The average molecular weight is 373 g/mol. The standard InChI is InChI=1S/C19H16FNO2S2/c1-11-7-14(9-16-18(22)21-19(24)25-16)8-12(2)17(11)23-10-13-3-5-15(20)6-4-13/h3-9H,10H2,1-2H3,(H,21,22,24)/b16-9+. The Morgan fingerprint density at radius 2 is 1.84 bits per heavy atom. The lowest BCUT2D eigenvalue weighted by Gasteiger charge is -2.13. The summed E-state index contributed by atoms with van der Waals surface area (Å²) in [6, 6.07) is 10.2. The molecule has 1 aliphatic rings. The third-order valence-corrected chi connectivity index (χ3v) is 4.88. The molecule has 128 valence electrons. The summed E-state index contributed by atoms with van der Waals surface area (Å²) >= 11 is 6.26. The molecular formula is C19H16FNO2S2. The van der Waals surface area contributed by atoms with Crippen LogP contribution in [-0.2, 0) is 11.4 Å². The SMILES string of the molecule is Cc1cc(/C=C2/SC(=S)NC2=O)cc(C)c1OCc1ccc(F)cc1. The first kappa shape index (κ1) is 17.6. The van der Waals surface area contributed by atoms with Crippen LogP contribution in [0.4, 0.5) is 4.39 Å². The number of halogens is 1. The molecule has 6 heteroatoms. The minimum Gasteiger partial charge on any atom is -0.488 e. The summed E-state index contributed by atoms with van der Waals surface area (Å²) in [7, 11) is 0. The number of thiocarbonyl (C=S) groups is 1. The second kappa shape index (κ2) is 7.37. The fraction of sp³-hybridized carbons (Fsp3) is 0.158. The van der Waals surface area contributed by atoms with E-state index in [1.807, 2.05) is 32.1 Å². The van der Waals surface area contributed by atoms with Crippen molar-refractivity contribution in [2.75, 3.05) is 0 Å². The van der Waals surface area contributed by atoms with Crippen LogP contribution in [0.3, 0.4) is 0 Å². The molecule has 25 heavy (non-hydrogen) atoms. The lowest BCUT2D eigenvalue weighted by Crippen LogP contribution is -2.17. The molecule has 2 aromatic carbocycles. The highest BCUT2D eigenvalue weighted by molar-refractivity contribution is 8.26. The monoisotopic (exact) mass is 373 g/mol. The van der Waals surface area contributed by atoms with E-state index in [-0.39, 0.29) is 11.7 Å². The van der Waals surface area contributed by atoms with E-state index in [9.17, 15) is 9.18 Å². The van der Waals surface area contributed by atoms with Crippen LogP contribution in [0.25, 0.3) is 6.08 Å². The molecular weight excluding hydrogens is 357 g/mol. The highest BCUT2D eigenvalue weighted by atomic mass is 32.2. The van der Waals surface area contributed by atoms with Crippen molar-refractivity contribution in [3.63, 3.8) is 0 Å². The molecule has 0 saturated carbocycles. The van der Waals surface area contributed by atoms with Crippen LogP contribution < -0.4 is 10.1 Å². The van der Waals surface area contributed by atoms with Gasteiger partial charge in [-0.1, -0.05) is 36.1 Å². The maximum Gasteiger partial charge on any atom is 0.263 e. The smallest absolute Gasteiger partial charge is 0.263 e. The molecule has 1 heterocycles. The Balaban J connectivity index is 1.78. The predicted octanol–water partition coefficient (Wildman–Crippen LogP) is 4.51. The van der Waals surface area contributed by atoms with Crippen molar-refractivity contribution in [1.29, 1.82) is 0 Å². The van der Waals surface area contributed by atoms with E-state index in [2.05, 4.69) is 5.32 Å². The van der Waals surface area contributed by atoms with Gasteiger partial charge in [0.25, 0.3) is 5.91 Å². The first-order valence-corrected chi connectivity index (χ1v) is 8.88. The number of hydrogen-bond donors (Lipinski definition) is 1. The van der Waals surface area contributed by atoms with Crippen LogP contribution in [0, 0.1) is 19.7 Å². The normalized spacial score (nSPS) is 15.6. The van der Waals surface area contributed by atoms with Gasteiger partial charge in [-0.2, -0.15) is 0 Å². The van der Waals surface area contributed by atoms with E-state index in [0.29, 0.717) is 15.8 Å². The number of carbonyl (C=O) groups is 1. The van der Waals surface area contributed by atoms with Crippen molar-refractivity contribution >= 4 is 40.3 Å². The highest BCUT2D eigenvalue weighted by Gasteiger charge is 2.22. The fourth-order valence-corrected chi connectivity index (χ4v) is 3.65. The van der Waals surface area contributed by atoms with Crippen LogP contribution in [0.1, 0.15) is 22.3 Å². The number of thioether (sulfide) groups is 1. The number of rotatable bonds is 4. The van der Waals surface area contributed by atoms with Gasteiger partial charge in [-0.3, -0.25) is 4.79 Å². The van der Waals surface area contributed by atoms with Gasteiger partial charge in [0.15, 0.2) is 0 Å². The Bertz CT molecular complexity index is 852. The Kier molecular flexibility index (Phi) is 5.20. The molecule has 2 aromatic rings. The summed E-state index contributed by atoms with van der Waals surface area (Å²) in [5.74, 6) is 0.370. The van der Waals surface area contributed by atoms with E-state index in [4.69, 9.17) is 17.0 Å². The third kappa shape index (κ3) is 4.27. The number of aryl methyl sites for hydroxylation is 2. The lowest BCUT2D eigenvalue weighted by atomic mass is 10.0. The number of nitrogens with one attached hydrogen (secondary N) is 1. The van der Waals surface area contributed by atoms with E-state index >= 15 is 0 Å². The average Bonchev–Trinajstić information content (AvgIpc) is 2.86. The van der Waals surface area contributed by atoms with Crippen LogP contribution in [0.5, 0.6) is 5.75 Å². The maximum absolute atomic E-state index is 13.0. The van der Waals surface area contributed by atoms with Gasteiger partial charge in [-0.05, 0) is 66.4 Å². The lowest BCUT2D eigenvalue weighted by molar-refractivity contribution is -0.115. The summed E-state index contributed by atoms with van der Waals surface area (Å²) in [5.41, 5.74) is 3.77. The van der Waals surface area contributed by atoms with Gasteiger partial charge < -0.3 is 10.1 Å². The zero-order chi connectivity index (χ0) is 18.0. The largest absolute Gasteiger partial charge is 0.488 e. The number of benzene rings is 2. The van der Waals surface area contributed by atoms with Gasteiger partial charge in [-0.15, -0.1) is 0 Å². The number of hydrogen-bond acceptors (Lipinski definition) is 4. The molecule has 0 spiro atoms. The molecule has 0 bridgehead atoms. The van der Waals surface area contributed by atoms with E-state index in [1.54, 1.807) is 12.1 Å². The van der Waals surface area contributed by atoms with Crippen molar-refractivity contribution in [3.8, 4) is 5.75 Å². The topological polar surface area (TPSA) is 38.3 Å². The Hall–Kier alpha value is -2.18. The highest BCUT2D eigenvalue weighted by Crippen LogP contribution is 2.30. The van der Waals surface area contributed by atoms with Crippen molar-refractivity contribution < 1.29 is 13.9 Å². The molecule has 0 aliphatic carbocycles. The first-order chi connectivity index (χ1) is 11.9.